The van der Waals surface area contributed by atoms with E-state index < -0.39 is 196 Å². The van der Waals surface area contributed by atoms with Crippen LogP contribution in [-0.2, 0) is 0 Å². The SMILES string of the molecule is CCNc1ccc2c(c1)C(O)CCO2.O=C1CCOc2ccc([N+](=O)[O-])cc21.[B][B]B([B])B(B([B])[B])B(B(B([B])[B])B([B])[B])B(B(B(B([B])[B])B([B])[B])B(B([B])[B])B([B])[B])B(B(B(B([B])[B])B([B])[B])B(B([B])[B])B([B])[B])B(B(B([B])[B])B([B])[B])B(B([B])[B])B([B])[B]. The summed E-state index contributed by atoms with van der Waals surface area (Å²) in [5, 5.41) is 23.4. The monoisotopic (exact) mass is 1080 g/mol. The lowest BCUT2D eigenvalue weighted by atomic mass is 8.22. The van der Waals surface area contributed by atoms with Crippen LogP contribution in [0, 0.1) is 10.1 Å². The lowest BCUT2D eigenvalue weighted by Crippen LogP contribution is -2.97. The number of nitrogens with one attached hydrogen (secondary N) is 1. The smallest absolute Gasteiger partial charge is 0.270 e. The van der Waals surface area contributed by atoms with Crippen molar-refractivity contribution in [2.45, 2.75) is 25.9 Å². The highest BCUT2D eigenvalue weighted by atomic mass is 16.6. The number of carbonyl (C=O) groups is 1. The van der Waals surface area contributed by atoms with Crippen molar-refractivity contribution in [1.29, 1.82) is 0 Å². The molecule has 2 aromatic rings. The predicted octanol–water partition coefficient (Wildman–Crippen LogP) is -20.5. The Hall–Kier alpha value is 0.961. The van der Waals surface area contributed by atoms with Gasteiger partial charge in [0.05, 0.1) is 29.8 Å². The second kappa shape index (κ2) is 41.6. The van der Waals surface area contributed by atoms with E-state index in [4.69, 9.17) is 257 Å². The third-order valence-electron chi connectivity index (χ3n) is 17.6. The highest BCUT2D eigenvalue weighted by molar-refractivity contribution is 8.38. The first kappa shape index (κ1) is 88.0. The summed E-state index contributed by atoms with van der Waals surface area (Å²) in [6.07, 6.45) is -43.0. The van der Waals surface area contributed by atoms with Crippen LogP contribution in [0.15, 0.2) is 36.4 Å². The van der Waals surface area contributed by atoms with Crippen LogP contribution in [0.1, 0.15) is 41.8 Å². The molecule has 2 aliphatic heterocycles. The van der Waals surface area contributed by atoms with E-state index in [-0.39, 0.29) is 24.0 Å². The van der Waals surface area contributed by atoms with Gasteiger partial charge in [0.1, 0.15) is 11.5 Å². The van der Waals surface area contributed by atoms with Crippen molar-refractivity contribution < 1.29 is 24.3 Å². The molecule has 2 N–H and O–H groups in total. The normalized spacial score (nSPS) is 12.0. The molecule has 8 nitrogen and oxygen atoms in total. The number of aliphatic hydroxyl groups excluding tert-OH is 1. The Morgan fingerprint density at radius 3 is 1.05 bits per heavy atom. The molecule has 2 heterocycles. The summed E-state index contributed by atoms with van der Waals surface area (Å²) in [6.45, 7) is 3.89. The van der Waals surface area contributed by atoms with Crippen LogP contribution in [0.25, 0.3) is 0 Å². The zero-order chi connectivity index (χ0) is 70.1. The van der Waals surface area contributed by atoms with Crippen LogP contribution >= 0.6 is 0 Å². The van der Waals surface area contributed by atoms with Gasteiger partial charge >= 0.3 is 0 Å². The number of ether oxygens (including phenoxy) is 2. The number of nitro benzene ring substituents is 1. The number of hydrogen-bond donors (Lipinski definition) is 2. The van der Waals surface area contributed by atoms with Gasteiger partial charge in [-0.15, -0.1) is 0 Å². The van der Waals surface area contributed by atoms with Gasteiger partial charge in [-0.1, -0.05) is 0 Å². The number of benzene rings is 2. The van der Waals surface area contributed by atoms with E-state index in [9.17, 15) is 20.0 Å². The number of anilines is 1. The Morgan fingerprint density at radius 1 is 0.462 bits per heavy atom. The summed E-state index contributed by atoms with van der Waals surface area (Å²) in [5.41, 5.74) is 2.17. The number of aliphatic hydroxyl groups is 1. The van der Waals surface area contributed by atoms with Crippen LogP contribution in [0.3, 0.4) is 0 Å². The molecule has 0 saturated heterocycles. The Balaban J connectivity index is 0.000000799. The maximum absolute atomic E-state index is 11.4. The maximum atomic E-state index is 11.4. The highest BCUT2D eigenvalue weighted by Crippen LogP contribution is 2.34. The number of carbonyl (C=O) groups excluding carboxylic acids is 1. The molecule has 1 atom stereocenters. The van der Waals surface area contributed by atoms with Gasteiger partial charge < -0.3 is 19.9 Å². The van der Waals surface area contributed by atoms with Crippen molar-refractivity contribution in [3.8, 4) is 11.5 Å². The minimum atomic E-state index is -1.56. The van der Waals surface area contributed by atoms with Crippen LogP contribution in [0.4, 0.5) is 11.4 Å². The fraction of sp³-hybridized carbons (Fsp3) is 0.350. The molecule has 71 heteroatoms. The number of Topliss-reactive ketones (excluding diaryl/α,β-unsaturated/α-hetero) is 1. The molecule has 337 valence electrons. The van der Waals surface area contributed by atoms with Crippen molar-refractivity contribution >= 4 is 463 Å². The molecule has 91 heavy (non-hydrogen) atoms. The molecule has 2 aromatic carbocycles. The average Bonchev–Trinajstić information content (AvgIpc) is 0.730. The third kappa shape index (κ3) is 24.3. The summed E-state index contributed by atoms with van der Waals surface area (Å²) in [5.74, 6) is 1.15. The lowest BCUT2D eigenvalue weighted by Gasteiger charge is -2.59. The maximum Gasteiger partial charge on any atom is 0.270 e. The van der Waals surface area contributed by atoms with E-state index in [1.165, 1.54) is 18.2 Å². The molecule has 0 saturated carbocycles. The molecule has 0 spiro atoms. The van der Waals surface area contributed by atoms with E-state index in [1.54, 1.807) is 0 Å². The molecule has 4 rings (SSSR count). The number of non-ortho nitro benzene ring substituents is 1. The summed E-state index contributed by atoms with van der Waals surface area (Å²) in [6, 6.07) is 9.90. The van der Waals surface area contributed by atoms with Crippen molar-refractivity contribution in [2.24, 2.45) is 0 Å². The standard InChI is InChI=1S/C11H15NO2.C9H7NO4.B63/c1-2-12-8-3-4-11-9(7-8)10(13)5-6-14-11;11-8-3-4-14-9-2-1-6(10(12)13)5-7(8)9;1-33-49(32)57(48(30)31)61(56(46(26)27)47(28)29)63(60(54(42(18)19)43(20)21)55(44(22)23)45(24)25)62(58(50(34(2)3)35(4)5)51(36(6)7)37(8)9)59(52(38(10)11)39(12)13)53(40(14)15)41(16)17/h3-4,7,10,12-13H,2,5-6H2,1H3;1-2,5H,3-4H2;. The van der Waals surface area contributed by atoms with Crippen molar-refractivity contribution in [3.63, 3.8) is 0 Å². The van der Waals surface area contributed by atoms with E-state index in [0.29, 0.717) is 30.9 Å². The van der Waals surface area contributed by atoms with Gasteiger partial charge in [0, 0.05) is 489 Å². The fourth-order valence-electron chi connectivity index (χ4n) is 14.0. The molecule has 0 aliphatic carbocycles. The topological polar surface area (TPSA) is 111 Å². The Kier molecular flexibility index (Phi) is 40.3. The van der Waals surface area contributed by atoms with Gasteiger partial charge in [-0.05, 0) is 31.2 Å². The average molecular weight is 1070 g/mol. The Bertz CT molecular complexity index is 2280. The minimum absolute atomic E-state index is 0.0809. The zero-order valence-electron chi connectivity index (χ0n) is 51.9. The van der Waals surface area contributed by atoms with Gasteiger partial charge in [0.2, 0.25) is 0 Å². The molecule has 0 bridgehead atoms. The molecule has 0 amide bonds. The molecule has 0 fully saturated rings. The van der Waals surface area contributed by atoms with Crippen molar-refractivity contribution in [3.05, 3.63) is 57.6 Å². The number of hydrogen-bond acceptors (Lipinski definition) is 7. The van der Waals surface area contributed by atoms with Gasteiger partial charge in [-0.3, -0.25) is 14.9 Å². The predicted molar refractivity (Wildman–Crippen MR) is 466 cm³/mol. The summed E-state index contributed by atoms with van der Waals surface area (Å²) in [7, 11) is 214. The summed E-state index contributed by atoms with van der Waals surface area (Å²) >= 11 is 0. The highest BCUT2D eigenvalue weighted by Gasteiger charge is 2.63. The number of rotatable bonds is 33. The van der Waals surface area contributed by atoms with Crippen molar-refractivity contribution in [1.82, 2.24) is 0 Å². The number of nitro groups is 1. The zero-order valence-corrected chi connectivity index (χ0v) is 51.9. The first-order valence-corrected chi connectivity index (χ1v) is 29.8. The first-order chi connectivity index (χ1) is 42.2. The summed E-state index contributed by atoms with van der Waals surface area (Å²) in [4.78, 5) is 21.3. The summed E-state index contributed by atoms with van der Waals surface area (Å²) < 4.78 is 10.6. The van der Waals surface area contributed by atoms with E-state index in [0.717, 1.165) is 30.6 Å². The molecular formula is C20H22B63N2O6. The van der Waals surface area contributed by atoms with Gasteiger partial charge in [0.25, 0.3) is 5.69 Å². The third-order valence-corrected chi connectivity index (χ3v) is 17.6. The van der Waals surface area contributed by atoms with Gasteiger partial charge in [-0.2, -0.15) is 0 Å². The Labute approximate surface area is 602 Å². The van der Waals surface area contributed by atoms with E-state index in [2.05, 4.69) is 5.32 Å². The van der Waals surface area contributed by atoms with Crippen LogP contribution in [0.2, 0.25) is 0 Å². The minimum Gasteiger partial charge on any atom is -0.493 e. The van der Waals surface area contributed by atoms with E-state index in [1.807, 2.05) is 25.1 Å². The largest absolute Gasteiger partial charge is 0.493 e. The van der Waals surface area contributed by atoms with Crippen LogP contribution < -0.4 is 14.8 Å². The van der Waals surface area contributed by atoms with E-state index >= 15 is 0 Å². The quantitative estimate of drug-likeness (QED) is 0.0416. The van der Waals surface area contributed by atoms with Gasteiger partial charge in [0.15, 0.2) is 5.78 Å². The number of nitrogens with zero attached hydrogens (tertiary/aromatic N) is 1. The van der Waals surface area contributed by atoms with Crippen molar-refractivity contribution in [2.75, 3.05) is 25.1 Å². The van der Waals surface area contributed by atoms with Crippen LogP contribution in [-0.4, -0.2) is 482 Å². The molecule has 2 aliphatic rings. The lowest BCUT2D eigenvalue weighted by molar-refractivity contribution is -0.384. The fourth-order valence-corrected chi connectivity index (χ4v) is 14.0. The Morgan fingerprint density at radius 2 is 0.758 bits per heavy atom. The second-order valence-electron chi connectivity index (χ2n) is 23.9. The first-order valence-electron chi connectivity index (χ1n) is 29.8. The molecule has 65 radical (unpaired) electrons. The number of fused-ring (bicyclic) bond motifs is 2. The number of ketones is 1. The molecule has 0 aromatic heterocycles. The van der Waals surface area contributed by atoms with Crippen LogP contribution in [0.5, 0.6) is 11.5 Å². The second-order valence-corrected chi connectivity index (χ2v) is 23.9. The molecule has 1 unspecified atom stereocenters. The van der Waals surface area contributed by atoms with Gasteiger partial charge in [-0.25, -0.2) is 0 Å². The molecular weight excluding hydrogens is 1050 g/mol.